The minimum atomic E-state index is -0.222. The number of H-pyrrole nitrogens is 1. The van der Waals surface area contributed by atoms with E-state index < -0.39 is 0 Å². The van der Waals surface area contributed by atoms with Crippen LogP contribution in [0, 0.1) is 18.3 Å². The average molecular weight is 322 g/mol. The molecule has 0 spiro atoms. The van der Waals surface area contributed by atoms with Crippen LogP contribution in [0.4, 0.5) is 0 Å². The molecule has 1 N–H and O–H groups in total. The summed E-state index contributed by atoms with van der Waals surface area (Å²) in [5.74, 6) is 0.322. The Labute approximate surface area is 137 Å². The molecular formula is C18H12ClN3O. The number of para-hydroxylation sites is 1. The highest BCUT2D eigenvalue weighted by atomic mass is 35.5. The van der Waals surface area contributed by atoms with Crippen molar-refractivity contribution < 1.29 is 0 Å². The van der Waals surface area contributed by atoms with Gasteiger partial charge in [0.15, 0.2) is 5.82 Å². The van der Waals surface area contributed by atoms with Gasteiger partial charge in [-0.25, -0.2) is 4.98 Å². The molecule has 5 heteroatoms. The number of benzene rings is 2. The molecule has 3 rings (SSSR count). The van der Waals surface area contributed by atoms with Crippen molar-refractivity contribution in [2.24, 2.45) is 0 Å². The monoisotopic (exact) mass is 321 g/mol. The molecule has 0 saturated heterocycles. The van der Waals surface area contributed by atoms with Gasteiger partial charge in [0.1, 0.15) is 0 Å². The summed E-state index contributed by atoms with van der Waals surface area (Å²) in [6, 6.07) is 14.5. The van der Waals surface area contributed by atoms with E-state index in [0.29, 0.717) is 27.3 Å². The summed E-state index contributed by atoms with van der Waals surface area (Å²) >= 11 is 6.30. The van der Waals surface area contributed by atoms with Gasteiger partial charge in [-0.1, -0.05) is 35.9 Å². The number of aromatic amines is 1. The molecule has 112 valence electrons. The van der Waals surface area contributed by atoms with Crippen molar-refractivity contribution in [3.8, 4) is 6.07 Å². The third kappa shape index (κ3) is 3.01. The molecule has 3 aromatic rings. The van der Waals surface area contributed by atoms with Gasteiger partial charge in [0, 0.05) is 0 Å². The van der Waals surface area contributed by atoms with Crippen LogP contribution in [-0.4, -0.2) is 9.97 Å². The van der Waals surface area contributed by atoms with E-state index in [1.165, 1.54) is 0 Å². The van der Waals surface area contributed by atoms with Crippen LogP contribution in [0.25, 0.3) is 22.0 Å². The SMILES string of the molecule is Cc1cccc2c(=O)[nH]c(/C(Cl)=C/c3ccc(C#N)cc3)nc12. The Morgan fingerprint density at radius 3 is 2.70 bits per heavy atom. The first-order chi connectivity index (χ1) is 11.1. The molecule has 0 aliphatic rings. The summed E-state index contributed by atoms with van der Waals surface area (Å²) in [6.45, 7) is 1.90. The summed E-state index contributed by atoms with van der Waals surface area (Å²) in [5, 5.41) is 9.67. The Kier molecular flexibility index (Phi) is 3.96. The Morgan fingerprint density at radius 1 is 1.26 bits per heavy atom. The summed E-state index contributed by atoms with van der Waals surface area (Å²) in [4.78, 5) is 19.3. The molecule has 0 aliphatic heterocycles. The van der Waals surface area contributed by atoms with Crippen LogP contribution in [0.1, 0.15) is 22.5 Å². The molecule has 0 fully saturated rings. The Hall–Kier alpha value is -2.90. The van der Waals surface area contributed by atoms with Crippen LogP contribution < -0.4 is 5.56 Å². The number of rotatable bonds is 2. The van der Waals surface area contributed by atoms with Crippen molar-refractivity contribution in [3.63, 3.8) is 0 Å². The highest BCUT2D eigenvalue weighted by Gasteiger charge is 2.08. The van der Waals surface area contributed by atoms with Gasteiger partial charge in [-0.15, -0.1) is 0 Å². The molecule has 0 radical (unpaired) electrons. The van der Waals surface area contributed by atoms with Crippen molar-refractivity contribution in [2.45, 2.75) is 6.92 Å². The first kappa shape index (κ1) is 15.0. The molecule has 0 unspecified atom stereocenters. The Balaban J connectivity index is 2.08. The largest absolute Gasteiger partial charge is 0.305 e. The quantitative estimate of drug-likeness (QED) is 0.779. The third-order valence-corrected chi connectivity index (χ3v) is 3.79. The molecule has 1 aromatic heterocycles. The lowest BCUT2D eigenvalue weighted by Crippen LogP contribution is -2.11. The molecule has 1 heterocycles. The minimum Gasteiger partial charge on any atom is -0.305 e. The highest BCUT2D eigenvalue weighted by molar-refractivity contribution is 6.50. The third-order valence-electron chi connectivity index (χ3n) is 3.50. The van der Waals surface area contributed by atoms with Gasteiger partial charge in [0.25, 0.3) is 5.56 Å². The van der Waals surface area contributed by atoms with Crippen LogP contribution in [0.5, 0.6) is 0 Å². The van der Waals surface area contributed by atoms with Crippen LogP contribution >= 0.6 is 11.6 Å². The van der Waals surface area contributed by atoms with E-state index in [1.807, 2.05) is 19.1 Å². The first-order valence-electron chi connectivity index (χ1n) is 6.96. The van der Waals surface area contributed by atoms with E-state index in [4.69, 9.17) is 16.9 Å². The smallest absolute Gasteiger partial charge is 0.259 e. The van der Waals surface area contributed by atoms with Crippen molar-refractivity contribution in [2.75, 3.05) is 0 Å². The van der Waals surface area contributed by atoms with Crippen LogP contribution in [0.2, 0.25) is 0 Å². The zero-order valence-electron chi connectivity index (χ0n) is 12.3. The number of nitrogens with one attached hydrogen (secondary N) is 1. The average Bonchev–Trinajstić information content (AvgIpc) is 2.56. The normalized spacial score (nSPS) is 11.4. The van der Waals surface area contributed by atoms with Gasteiger partial charge in [-0.2, -0.15) is 5.26 Å². The summed E-state index contributed by atoms with van der Waals surface area (Å²) in [5.41, 5.74) is 2.73. The van der Waals surface area contributed by atoms with E-state index in [-0.39, 0.29) is 5.56 Å². The standard InChI is InChI=1S/C18H12ClN3O/c1-11-3-2-4-14-16(11)21-17(22-18(14)23)15(19)9-12-5-7-13(10-20)8-6-12/h2-9H,1H3,(H,21,22,23)/b15-9-. The number of fused-ring (bicyclic) bond motifs is 1. The second kappa shape index (κ2) is 6.07. The Morgan fingerprint density at radius 2 is 2.00 bits per heavy atom. The maximum atomic E-state index is 12.2. The van der Waals surface area contributed by atoms with Gasteiger partial charge in [0.2, 0.25) is 0 Å². The van der Waals surface area contributed by atoms with E-state index in [0.717, 1.165) is 11.1 Å². The van der Waals surface area contributed by atoms with Crippen molar-refractivity contribution in [3.05, 3.63) is 75.3 Å². The maximum absolute atomic E-state index is 12.2. The van der Waals surface area contributed by atoms with E-state index in [9.17, 15) is 4.79 Å². The van der Waals surface area contributed by atoms with Gasteiger partial charge >= 0.3 is 0 Å². The molecule has 0 bridgehead atoms. The van der Waals surface area contributed by atoms with E-state index in [2.05, 4.69) is 16.0 Å². The lowest BCUT2D eigenvalue weighted by molar-refractivity contribution is 1.13. The van der Waals surface area contributed by atoms with Crippen molar-refractivity contribution in [1.82, 2.24) is 9.97 Å². The van der Waals surface area contributed by atoms with Crippen LogP contribution in [0.3, 0.4) is 0 Å². The number of aryl methyl sites for hydroxylation is 1. The van der Waals surface area contributed by atoms with Gasteiger partial charge in [0.05, 0.1) is 27.6 Å². The summed E-state index contributed by atoms with van der Waals surface area (Å²) in [7, 11) is 0. The number of nitrogens with zero attached hydrogens (tertiary/aromatic N) is 2. The molecule has 2 aromatic carbocycles. The molecule has 0 atom stereocenters. The fourth-order valence-corrected chi connectivity index (χ4v) is 2.50. The Bertz CT molecular complexity index is 1010. The number of aromatic nitrogens is 2. The van der Waals surface area contributed by atoms with E-state index >= 15 is 0 Å². The molecule has 0 aliphatic carbocycles. The summed E-state index contributed by atoms with van der Waals surface area (Å²) < 4.78 is 0. The van der Waals surface area contributed by atoms with Gasteiger partial charge in [-0.3, -0.25) is 4.79 Å². The highest BCUT2D eigenvalue weighted by Crippen LogP contribution is 2.21. The lowest BCUT2D eigenvalue weighted by Gasteiger charge is -2.04. The topological polar surface area (TPSA) is 69.5 Å². The van der Waals surface area contributed by atoms with E-state index in [1.54, 1.807) is 36.4 Å². The number of nitriles is 1. The maximum Gasteiger partial charge on any atom is 0.259 e. The van der Waals surface area contributed by atoms with Crippen LogP contribution in [0.15, 0.2) is 47.3 Å². The molecule has 0 amide bonds. The second-order valence-corrected chi connectivity index (χ2v) is 5.52. The zero-order chi connectivity index (χ0) is 16.4. The molecule has 4 nitrogen and oxygen atoms in total. The zero-order valence-corrected chi connectivity index (χ0v) is 13.1. The fourth-order valence-electron chi connectivity index (χ4n) is 2.29. The van der Waals surface area contributed by atoms with Crippen molar-refractivity contribution in [1.29, 1.82) is 5.26 Å². The predicted octanol–water partition coefficient (Wildman–Crippen LogP) is 3.84. The lowest BCUT2D eigenvalue weighted by atomic mass is 10.1. The molecule has 23 heavy (non-hydrogen) atoms. The summed E-state index contributed by atoms with van der Waals surface area (Å²) in [6.07, 6.45) is 1.70. The number of hydrogen-bond acceptors (Lipinski definition) is 3. The second-order valence-electron chi connectivity index (χ2n) is 5.11. The molecular weight excluding hydrogens is 310 g/mol. The number of hydrogen-bond donors (Lipinski definition) is 1. The predicted molar refractivity (Wildman–Crippen MR) is 92.0 cm³/mol. The van der Waals surface area contributed by atoms with Gasteiger partial charge in [-0.05, 0) is 42.3 Å². The molecule has 0 saturated carbocycles. The van der Waals surface area contributed by atoms with Crippen LogP contribution in [-0.2, 0) is 0 Å². The number of halogens is 1. The van der Waals surface area contributed by atoms with Gasteiger partial charge < -0.3 is 4.98 Å². The fraction of sp³-hybridized carbons (Fsp3) is 0.0556. The van der Waals surface area contributed by atoms with Crippen molar-refractivity contribution >= 4 is 33.6 Å². The minimum absolute atomic E-state index is 0.222. The first-order valence-corrected chi connectivity index (χ1v) is 7.33.